The van der Waals surface area contributed by atoms with E-state index in [-0.39, 0.29) is 6.54 Å². The quantitative estimate of drug-likeness (QED) is 0.660. The van der Waals surface area contributed by atoms with Gasteiger partial charge in [-0.15, -0.1) is 0 Å². The second-order valence-electron chi connectivity index (χ2n) is 4.04. The van der Waals surface area contributed by atoms with Crippen molar-refractivity contribution in [3.05, 3.63) is 23.8 Å². The van der Waals surface area contributed by atoms with Crippen LogP contribution in [0.1, 0.15) is 5.56 Å². The first-order chi connectivity index (χ1) is 8.61. The van der Waals surface area contributed by atoms with Crippen LogP contribution >= 0.6 is 0 Å². The summed E-state index contributed by atoms with van der Waals surface area (Å²) in [6.45, 7) is 1.49. The van der Waals surface area contributed by atoms with Gasteiger partial charge in [-0.2, -0.15) is 13.1 Å². The Bertz CT molecular complexity index is 516. The van der Waals surface area contributed by atoms with Crippen LogP contribution in [-0.4, -0.2) is 35.2 Å². The predicted octanol–water partition coefficient (Wildman–Crippen LogP) is 0.547. The molecule has 1 aliphatic rings. The Balaban J connectivity index is 2.00. The third kappa shape index (κ3) is 3.34. The second-order valence-corrected chi connectivity index (χ2v) is 5.54. The molecule has 1 heterocycles. The summed E-state index contributed by atoms with van der Waals surface area (Å²) in [4.78, 5) is 0. The van der Waals surface area contributed by atoms with Crippen LogP contribution in [0.5, 0.6) is 0 Å². The molecule has 3 N–H and O–H groups in total. The van der Waals surface area contributed by atoms with Crippen molar-refractivity contribution in [2.75, 3.05) is 36.8 Å². The van der Waals surface area contributed by atoms with Crippen molar-refractivity contribution >= 4 is 21.6 Å². The summed E-state index contributed by atoms with van der Waals surface area (Å²) in [5.74, 6) is 0. The molecule has 0 saturated heterocycles. The summed E-state index contributed by atoms with van der Waals surface area (Å²) in [6, 6.07) is 5.48. The van der Waals surface area contributed by atoms with Gasteiger partial charge in [-0.1, -0.05) is 0 Å². The first-order valence-corrected chi connectivity index (χ1v) is 7.22. The summed E-state index contributed by atoms with van der Waals surface area (Å²) in [5.41, 5.74) is 2.78. The maximum absolute atomic E-state index is 11.7. The van der Waals surface area contributed by atoms with Gasteiger partial charge in [0.2, 0.25) is 0 Å². The highest BCUT2D eigenvalue weighted by atomic mass is 32.2. The van der Waals surface area contributed by atoms with Gasteiger partial charge in [-0.3, -0.25) is 4.72 Å². The van der Waals surface area contributed by atoms with E-state index in [1.54, 1.807) is 6.07 Å². The fraction of sp³-hybridized carbons (Fsp3) is 0.455. The Morgan fingerprint density at radius 2 is 2.28 bits per heavy atom. The van der Waals surface area contributed by atoms with Crippen LogP contribution in [-0.2, 0) is 21.4 Å². The van der Waals surface area contributed by atoms with Crippen molar-refractivity contribution in [2.45, 2.75) is 6.42 Å². The van der Waals surface area contributed by atoms with Crippen LogP contribution in [0.15, 0.2) is 18.2 Å². The van der Waals surface area contributed by atoms with Gasteiger partial charge in [0, 0.05) is 25.9 Å². The molecule has 1 aromatic rings. The molecule has 0 fully saturated rings. The molecule has 0 saturated carbocycles. The minimum atomic E-state index is -3.52. The Hall–Kier alpha value is -1.31. The van der Waals surface area contributed by atoms with Crippen LogP contribution < -0.4 is 14.8 Å². The van der Waals surface area contributed by atoms with Crippen molar-refractivity contribution in [3.63, 3.8) is 0 Å². The summed E-state index contributed by atoms with van der Waals surface area (Å²) >= 11 is 0. The van der Waals surface area contributed by atoms with Crippen LogP contribution in [0.4, 0.5) is 11.4 Å². The summed E-state index contributed by atoms with van der Waals surface area (Å²) in [7, 11) is -2.00. The van der Waals surface area contributed by atoms with Crippen LogP contribution in [0, 0.1) is 0 Å². The topological polar surface area (TPSA) is 79.5 Å². The first-order valence-electron chi connectivity index (χ1n) is 5.74. The molecule has 100 valence electrons. The standard InChI is InChI=1S/C11H17N3O3S/c1-17-7-6-13-18(15,16)14-10-2-3-11-9(8-10)4-5-12-11/h2-3,8,12-14H,4-7H2,1H3. The SMILES string of the molecule is COCCNS(=O)(=O)Nc1ccc2c(c1)CCN2. The van der Waals surface area contributed by atoms with Crippen molar-refractivity contribution < 1.29 is 13.2 Å². The molecule has 2 rings (SSSR count). The van der Waals surface area contributed by atoms with Crippen LogP contribution in [0.25, 0.3) is 0 Å². The highest BCUT2D eigenvalue weighted by Gasteiger charge is 2.13. The average Bonchev–Trinajstić information content (AvgIpc) is 2.75. The molecule has 0 atom stereocenters. The van der Waals surface area contributed by atoms with Crippen molar-refractivity contribution in [1.82, 2.24) is 4.72 Å². The molecule has 6 nitrogen and oxygen atoms in total. The van der Waals surface area contributed by atoms with E-state index < -0.39 is 10.2 Å². The number of nitrogens with one attached hydrogen (secondary N) is 3. The van der Waals surface area contributed by atoms with E-state index in [0.717, 1.165) is 24.2 Å². The van der Waals surface area contributed by atoms with Gasteiger partial charge in [0.1, 0.15) is 0 Å². The maximum Gasteiger partial charge on any atom is 0.299 e. The molecule has 0 spiro atoms. The van der Waals surface area contributed by atoms with E-state index in [4.69, 9.17) is 4.74 Å². The number of methoxy groups -OCH3 is 1. The van der Waals surface area contributed by atoms with Gasteiger partial charge in [-0.05, 0) is 30.2 Å². The van der Waals surface area contributed by atoms with Gasteiger partial charge in [0.25, 0.3) is 10.2 Å². The molecule has 18 heavy (non-hydrogen) atoms. The van der Waals surface area contributed by atoms with Crippen LogP contribution in [0.3, 0.4) is 0 Å². The zero-order valence-electron chi connectivity index (χ0n) is 10.2. The van der Waals surface area contributed by atoms with Gasteiger partial charge < -0.3 is 10.1 Å². The van der Waals surface area contributed by atoms with E-state index in [9.17, 15) is 8.42 Å². The van der Waals surface area contributed by atoms with Gasteiger partial charge >= 0.3 is 0 Å². The highest BCUT2D eigenvalue weighted by Crippen LogP contribution is 2.25. The Morgan fingerprint density at radius 1 is 1.44 bits per heavy atom. The lowest BCUT2D eigenvalue weighted by Crippen LogP contribution is -2.32. The molecule has 0 unspecified atom stereocenters. The van der Waals surface area contributed by atoms with E-state index in [1.807, 2.05) is 12.1 Å². The third-order valence-corrected chi connectivity index (χ3v) is 3.75. The monoisotopic (exact) mass is 271 g/mol. The molecule has 0 aromatic heterocycles. The molecule has 1 aromatic carbocycles. The van der Waals surface area contributed by atoms with Gasteiger partial charge in [-0.25, -0.2) is 0 Å². The predicted molar refractivity (Wildman–Crippen MR) is 71.1 cm³/mol. The largest absolute Gasteiger partial charge is 0.384 e. The fourth-order valence-corrected chi connectivity index (χ4v) is 2.70. The molecule has 0 amide bonds. The molecule has 7 heteroatoms. The minimum absolute atomic E-state index is 0.248. The maximum atomic E-state index is 11.7. The average molecular weight is 271 g/mol. The lowest BCUT2D eigenvalue weighted by atomic mass is 10.1. The molecular formula is C11H17N3O3S. The molecule has 1 aliphatic heterocycles. The Labute approximate surface area is 107 Å². The number of rotatable bonds is 6. The molecular weight excluding hydrogens is 254 g/mol. The van der Waals surface area contributed by atoms with Gasteiger partial charge in [0.05, 0.1) is 12.3 Å². The highest BCUT2D eigenvalue weighted by molar-refractivity contribution is 7.90. The van der Waals surface area contributed by atoms with Crippen molar-refractivity contribution in [3.8, 4) is 0 Å². The van der Waals surface area contributed by atoms with Crippen LogP contribution in [0.2, 0.25) is 0 Å². The molecule has 0 bridgehead atoms. The summed E-state index contributed by atoms with van der Waals surface area (Å²) < 4.78 is 33.0. The third-order valence-electron chi connectivity index (χ3n) is 2.67. The normalized spacial score (nSPS) is 14.1. The lowest BCUT2D eigenvalue weighted by Gasteiger charge is -2.10. The molecule has 0 radical (unpaired) electrons. The number of benzene rings is 1. The second kappa shape index (κ2) is 5.55. The summed E-state index contributed by atoms with van der Waals surface area (Å²) in [6.07, 6.45) is 0.919. The fourth-order valence-electron chi connectivity index (χ4n) is 1.84. The van der Waals surface area contributed by atoms with E-state index in [0.29, 0.717) is 12.3 Å². The number of anilines is 2. The number of fused-ring (bicyclic) bond motifs is 1. The van der Waals surface area contributed by atoms with E-state index in [1.165, 1.54) is 7.11 Å². The number of hydrogen-bond acceptors (Lipinski definition) is 4. The lowest BCUT2D eigenvalue weighted by molar-refractivity contribution is 0.204. The summed E-state index contributed by atoms with van der Waals surface area (Å²) in [5, 5.41) is 3.22. The van der Waals surface area contributed by atoms with E-state index >= 15 is 0 Å². The van der Waals surface area contributed by atoms with Crippen molar-refractivity contribution in [1.29, 1.82) is 0 Å². The zero-order valence-corrected chi connectivity index (χ0v) is 11.0. The zero-order chi connectivity index (χ0) is 13.0. The number of hydrogen-bond donors (Lipinski definition) is 3. The smallest absolute Gasteiger partial charge is 0.299 e. The Kier molecular flexibility index (Phi) is 4.05. The van der Waals surface area contributed by atoms with Crippen molar-refractivity contribution in [2.24, 2.45) is 0 Å². The minimum Gasteiger partial charge on any atom is -0.384 e. The number of ether oxygens (including phenoxy) is 1. The Morgan fingerprint density at radius 3 is 3.06 bits per heavy atom. The molecule has 0 aliphatic carbocycles. The van der Waals surface area contributed by atoms with Gasteiger partial charge in [0.15, 0.2) is 0 Å². The first kappa shape index (κ1) is 13.1. The van der Waals surface area contributed by atoms with E-state index in [2.05, 4.69) is 14.8 Å².